The van der Waals surface area contributed by atoms with Gasteiger partial charge in [0, 0.05) is 23.6 Å². The van der Waals surface area contributed by atoms with Crippen LogP contribution in [0, 0.1) is 5.82 Å². The number of fused-ring (bicyclic) bond motifs is 2. The summed E-state index contributed by atoms with van der Waals surface area (Å²) in [6.45, 7) is 0.432. The number of aryl methyl sites for hydroxylation is 1. The summed E-state index contributed by atoms with van der Waals surface area (Å²) in [6.07, 6.45) is 3.63. The molecule has 0 aliphatic carbocycles. The van der Waals surface area contributed by atoms with Gasteiger partial charge >= 0.3 is 0 Å². The normalized spacial score (nSPS) is 14.7. The number of anilines is 1. The van der Waals surface area contributed by atoms with Crippen LogP contribution in [0.15, 0.2) is 40.8 Å². The van der Waals surface area contributed by atoms with Gasteiger partial charge in [-0.05, 0) is 65.6 Å². The van der Waals surface area contributed by atoms with Gasteiger partial charge in [-0.2, -0.15) is 0 Å². The first-order valence-electron chi connectivity index (χ1n) is 9.49. The van der Waals surface area contributed by atoms with Gasteiger partial charge in [0.05, 0.1) is 17.5 Å². The lowest BCUT2D eigenvalue weighted by atomic mass is 10.0. The molecule has 3 heterocycles. The predicted molar refractivity (Wildman–Crippen MR) is 110 cm³/mol. The number of benzene rings is 2. The largest absolute Gasteiger partial charge is 0.455 e. The second kappa shape index (κ2) is 6.91. The molecule has 0 atom stereocenters. The number of halogens is 1. The molecular formula is C20H18FN5O3S. The zero-order valence-electron chi connectivity index (χ0n) is 16.1. The van der Waals surface area contributed by atoms with Crippen LogP contribution in [0.4, 0.5) is 10.1 Å². The lowest BCUT2D eigenvalue weighted by molar-refractivity contribution is 0.595. The first-order chi connectivity index (χ1) is 14.4. The molecule has 154 valence electrons. The number of aromatic nitrogens is 4. The molecule has 0 saturated heterocycles. The van der Waals surface area contributed by atoms with Gasteiger partial charge in [-0.3, -0.25) is 4.31 Å². The number of nitrogens with zero attached hydrogens (tertiary/aromatic N) is 4. The lowest BCUT2D eigenvalue weighted by Crippen LogP contribution is -2.30. The quantitative estimate of drug-likeness (QED) is 0.536. The van der Waals surface area contributed by atoms with Crippen molar-refractivity contribution >= 4 is 26.7 Å². The Morgan fingerprint density at radius 3 is 2.67 bits per heavy atom. The van der Waals surface area contributed by atoms with Crippen molar-refractivity contribution in [1.82, 2.24) is 20.6 Å². The lowest BCUT2D eigenvalue weighted by Gasteiger charge is -2.22. The molecule has 2 aromatic heterocycles. The van der Waals surface area contributed by atoms with Gasteiger partial charge in [0.25, 0.3) is 0 Å². The molecule has 0 bridgehead atoms. The maximum absolute atomic E-state index is 13.4. The van der Waals surface area contributed by atoms with Crippen molar-refractivity contribution in [3.05, 3.63) is 47.8 Å². The molecule has 1 aliphatic heterocycles. The van der Waals surface area contributed by atoms with Gasteiger partial charge < -0.3 is 4.42 Å². The van der Waals surface area contributed by atoms with Crippen LogP contribution in [0.3, 0.4) is 0 Å². The van der Waals surface area contributed by atoms with Crippen LogP contribution in [-0.4, -0.2) is 41.8 Å². The van der Waals surface area contributed by atoms with Crippen LogP contribution >= 0.6 is 0 Å². The molecule has 5 rings (SSSR count). The Morgan fingerprint density at radius 1 is 1.17 bits per heavy atom. The standard InChI is InChI=1S/C20H18FN5O3S/c1-30(27,28)26-9-3-2-4-13-10-15-17(11-16(13)26)29-19(12-5-7-14(21)8-6-12)18(15)20-22-24-25-23-20/h5-8,10-11H,2-4,9H2,1H3,(H,22,23,24,25). The van der Waals surface area contributed by atoms with E-state index in [4.69, 9.17) is 4.42 Å². The summed E-state index contributed by atoms with van der Waals surface area (Å²) in [7, 11) is -3.42. The number of aromatic amines is 1. The average Bonchev–Trinajstić information content (AvgIpc) is 3.29. The van der Waals surface area contributed by atoms with E-state index >= 15 is 0 Å². The molecule has 4 aromatic rings. The van der Waals surface area contributed by atoms with Crippen molar-refractivity contribution in [2.24, 2.45) is 0 Å². The van der Waals surface area contributed by atoms with E-state index in [0.29, 0.717) is 40.5 Å². The maximum Gasteiger partial charge on any atom is 0.232 e. The number of furan rings is 1. The van der Waals surface area contributed by atoms with E-state index in [0.717, 1.165) is 30.2 Å². The molecular weight excluding hydrogens is 409 g/mol. The number of tetrazole rings is 1. The Bertz CT molecular complexity index is 1330. The first-order valence-corrected chi connectivity index (χ1v) is 11.3. The van der Waals surface area contributed by atoms with Crippen LogP contribution in [0.5, 0.6) is 0 Å². The highest BCUT2D eigenvalue weighted by Gasteiger charge is 2.27. The molecule has 0 amide bonds. The molecule has 0 spiro atoms. The molecule has 8 nitrogen and oxygen atoms in total. The Hall–Kier alpha value is -3.27. The van der Waals surface area contributed by atoms with Gasteiger partial charge in [-0.1, -0.05) is 0 Å². The molecule has 0 saturated carbocycles. The summed E-state index contributed by atoms with van der Waals surface area (Å²) in [5.74, 6) is 0.546. The van der Waals surface area contributed by atoms with Crippen LogP contribution in [-0.2, 0) is 16.4 Å². The van der Waals surface area contributed by atoms with Crippen molar-refractivity contribution in [3.8, 4) is 22.7 Å². The van der Waals surface area contributed by atoms with Crippen LogP contribution in [0.2, 0.25) is 0 Å². The maximum atomic E-state index is 13.4. The van der Waals surface area contributed by atoms with Crippen LogP contribution in [0.25, 0.3) is 33.7 Å². The third-order valence-electron chi connectivity index (χ3n) is 5.30. The zero-order valence-corrected chi connectivity index (χ0v) is 16.9. The van der Waals surface area contributed by atoms with Crippen LogP contribution in [0.1, 0.15) is 18.4 Å². The number of sulfonamides is 1. The molecule has 2 aromatic carbocycles. The Morgan fingerprint density at radius 2 is 1.97 bits per heavy atom. The topological polar surface area (TPSA) is 105 Å². The van der Waals surface area contributed by atoms with Crippen molar-refractivity contribution in [3.63, 3.8) is 0 Å². The number of hydrogen-bond donors (Lipinski definition) is 1. The van der Waals surface area contributed by atoms with E-state index in [-0.39, 0.29) is 5.82 Å². The Kier molecular flexibility index (Phi) is 4.31. The van der Waals surface area contributed by atoms with Gasteiger partial charge in [0.2, 0.25) is 10.0 Å². The van der Waals surface area contributed by atoms with Gasteiger partial charge in [-0.15, -0.1) is 5.10 Å². The molecule has 0 unspecified atom stereocenters. The summed E-state index contributed by atoms with van der Waals surface area (Å²) in [5.41, 5.74) is 3.37. The first kappa shape index (κ1) is 18.7. The van der Waals surface area contributed by atoms with Gasteiger partial charge in [0.15, 0.2) is 5.82 Å². The number of H-pyrrole nitrogens is 1. The fraction of sp³-hybridized carbons (Fsp3) is 0.250. The summed E-state index contributed by atoms with van der Waals surface area (Å²) in [5, 5.41) is 14.9. The number of nitrogens with one attached hydrogen (secondary N) is 1. The highest BCUT2D eigenvalue weighted by atomic mass is 32.2. The van der Waals surface area contributed by atoms with E-state index < -0.39 is 10.0 Å². The highest BCUT2D eigenvalue weighted by Crippen LogP contribution is 2.42. The summed E-state index contributed by atoms with van der Waals surface area (Å²) < 4.78 is 45.8. The number of rotatable bonds is 3. The Balaban J connectivity index is 1.80. The fourth-order valence-electron chi connectivity index (χ4n) is 3.95. The van der Waals surface area contributed by atoms with E-state index in [1.54, 1.807) is 18.2 Å². The van der Waals surface area contributed by atoms with E-state index in [2.05, 4.69) is 20.6 Å². The number of hydrogen-bond acceptors (Lipinski definition) is 6. The second-order valence-electron chi connectivity index (χ2n) is 7.33. The SMILES string of the molecule is CS(=O)(=O)N1CCCCc2cc3c(-c4nnn[nH]4)c(-c4ccc(F)cc4)oc3cc21. The van der Waals surface area contributed by atoms with Gasteiger partial charge in [0.1, 0.15) is 17.2 Å². The molecule has 0 radical (unpaired) electrons. The minimum atomic E-state index is -3.42. The summed E-state index contributed by atoms with van der Waals surface area (Å²) >= 11 is 0. The van der Waals surface area contributed by atoms with Crippen LogP contribution < -0.4 is 4.31 Å². The van der Waals surface area contributed by atoms with Gasteiger partial charge in [-0.25, -0.2) is 17.9 Å². The third kappa shape index (κ3) is 3.13. The average molecular weight is 427 g/mol. The molecule has 1 aliphatic rings. The third-order valence-corrected chi connectivity index (χ3v) is 6.48. The van der Waals surface area contributed by atoms with E-state index in [1.165, 1.54) is 22.7 Å². The monoisotopic (exact) mass is 427 g/mol. The van der Waals surface area contributed by atoms with Crippen molar-refractivity contribution in [2.45, 2.75) is 19.3 Å². The summed E-state index contributed by atoms with van der Waals surface area (Å²) in [6, 6.07) is 9.65. The molecule has 30 heavy (non-hydrogen) atoms. The minimum absolute atomic E-state index is 0.353. The Labute approximate surface area is 171 Å². The minimum Gasteiger partial charge on any atom is -0.455 e. The zero-order chi connectivity index (χ0) is 20.9. The van der Waals surface area contributed by atoms with Crippen molar-refractivity contribution < 1.29 is 17.2 Å². The molecule has 1 N–H and O–H groups in total. The molecule has 0 fully saturated rings. The highest BCUT2D eigenvalue weighted by molar-refractivity contribution is 7.92. The predicted octanol–water partition coefficient (Wildman–Crippen LogP) is 3.52. The van der Waals surface area contributed by atoms with Crippen molar-refractivity contribution in [1.29, 1.82) is 0 Å². The smallest absolute Gasteiger partial charge is 0.232 e. The summed E-state index contributed by atoms with van der Waals surface area (Å²) in [4.78, 5) is 0. The fourth-order valence-corrected chi connectivity index (χ4v) is 4.94. The van der Waals surface area contributed by atoms with E-state index in [1.807, 2.05) is 6.07 Å². The second-order valence-corrected chi connectivity index (χ2v) is 9.24. The van der Waals surface area contributed by atoms with E-state index in [9.17, 15) is 12.8 Å². The molecule has 10 heteroatoms. The van der Waals surface area contributed by atoms with Crippen molar-refractivity contribution in [2.75, 3.05) is 17.1 Å².